The summed E-state index contributed by atoms with van der Waals surface area (Å²) in [6, 6.07) is -0.612. The van der Waals surface area contributed by atoms with Gasteiger partial charge < -0.3 is 16.4 Å². The zero-order chi connectivity index (χ0) is 15.6. The van der Waals surface area contributed by atoms with Crippen LogP contribution in [0.2, 0.25) is 0 Å². The molecule has 0 aliphatic heterocycles. The maximum absolute atomic E-state index is 12.0. The Balaban J connectivity index is 4.18. The van der Waals surface area contributed by atoms with Crippen molar-refractivity contribution in [3.63, 3.8) is 0 Å². The van der Waals surface area contributed by atoms with E-state index in [1.165, 1.54) is 0 Å². The van der Waals surface area contributed by atoms with Gasteiger partial charge in [0.05, 0.1) is 5.41 Å². The van der Waals surface area contributed by atoms with Gasteiger partial charge in [-0.25, -0.2) is 0 Å². The second-order valence-electron chi connectivity index (χ2n) is 5.39. The van der Waals surface area contributed by atoms with Crippen LogP contribution in [0.5, 0.6) is 0 Å². The predicted molar refractivity (Wildman–Crippen MR) is 89.3 cm³/mol. The molecule has 0 spiro atoms. The maximum Gasteiger partial charge on any atom is 0.243 e. The molecule has 4 N–H and O–H groups in total. The van der Waals surface area contributed by atoms with Gasteiger partial charge in [0.1, 0.15) is 6.04 Å². The minimum atomic E-state index is -0.612. The van der Waals surface area contributed by atoms with Gasteiger partial charge in [-0.15, -0.1) is 0 Å². The second-order valence-corrected chi connectivity index (χ2v) is 6.07. The van der Waals surface area contributed by atoms with E-state index < -0.39 is 11.5 Å². The highest BCUT2D eigenvalue weighted by molar-refractivity contribution is 7.80. The van der Waals surface area contributed by atoms with Crippen LogP contribution in [-0.4, -0.2) is 42.5 Å². The lowest BCUT2D eigenvalue weighted by Crippen LogP contribution is -2.52. The minimum Gasteiger partial charge on any atom is -0.354 e. The summed E-state index contributed by atoms with van der Waals surface area (Å²) in [5, 5.41) is 5.52. The number of carbonyl (C=O) groups is 2. The lowest BCUT2D eigenvalue weighted by molar-refractivity contribution is -0.132. The first-order chi connectivity index (χ1) is 9.38. The number of amides is 2. The molecule has 0 rings (SSSR count). The fourth-order valence-corrected chi connectivity index (χ4v) is 1.80. The first-order valence-corrected chi connectivity index (χ1v) is 8.16. The summed E-state index contributed by atoms with van der Waals surface area (Å²) in [5.74, 6) is 0.294. The van der Waals surface area contributed by atoms with E-state index in [-0.39, 0.29) is 17.6 Å². The average Bonchev–Trinajstić information content (AvgIpc) is 2.43. The van der Waals surface area contributed by atoms with Gasteiger partial charge in [-0.3, -0.25) is 9.59 Å². The first kappa shape index (κ1) is 19.6. The van der Waals surface area contributed by atoms with Gasteiger partial charge in [0.2, 0.25) is 11.8 Å². The van der Waals surface area contributed by atoms with Crippen LogP contribution in [0.1, 0.15) is 33.1 Å². The summed E-state index contributed by atoms with van der Waals surface area (Å²) in [7, 11) is 0. The number of carbonyl (C=O) groups excluding carboxylic acids is 2. The highest BCUT2D eigenvalue weighted by Crippen LogP contribution is 2.16. The van der Waals surface area contributed by atoms with Gasteiger partial charge in [-0.1, -0.05) is 20.3 Å². The summed E-state index contributed by atoms with van der Waals surface area (Å²) in [6.45, 7) is 4.84. The Kier molecular flexibility index (Phi) is 10.1. The van der Waals surface area contributed by atoms with Gasteiger partial charge in [-0.2, -0.15) is 25.3 Å². The smallest absolute Gasteiger partial charge is 0.243 e. The van der Waals surface area contributed by atoms with E-state index in [0.29, 0.717) is 18.8 Å². The molecule has 5 nitrogen and oxygen atoms in total. The summed E-state index contributed by atoms with van der Waals surface area (Å²) < 4.78 is 0. The second kappa shape index (κ2) is 10.3. The largest absolute Gasteiger partial charge is 0.354 e. The van der Waals surface area contributed by atoms with Gasteiger partial charge in [0, 0.05) is 18.1 Å². The number of hydrogen-bond acceptors (Lipinski definition) is 5. The van der Waals surface area contributed by atoms with Crippen LogP contribution in [0.15, 0.2) is 0 Å². The lowest BCUT2D eigenvalue weighted by atomic mass is 9.95. The molecule has 20 heavy (non-hydrogen) atoms. The van der Waals surface area contributed by atoms with Crippen molar-refractivity contribution in [3.8, 4) is 0 Å². The number of unbranched alkanes of at least 4 members (excludes halogenated alkanes) is 2. The Bertz CT molecular complexity index is 312. The Labute approximate surface area is 132 Å². The molecule has 0 saturated carbocycles. The van der Waals surface area contributed by atoms with E-state index in [1.807, 2.05) is 0 Å². The van der Waals surface area contributed by atoms with Crippen molar-refractivity contribution in [2.75, 3.05) is 24.6 Å². The van der Waals surface area contributed by atoms with Crippen LogP contribution in [0.3, 0.4) is 0 Å². The topological polar surface area (TPSA) is 84.2 Å². The van der Waals surface area contributed by atoms with Crippen molar-refractivity contribution in [1.29, 1.82) is 0 Å². The number of thiol groups is 2. The molecular weight excluding hydrogens is 294 g/mol. The van der Waals surface area contributed by atoms with Gasteiger partial charge in [0.25, 0.3) is 0 Å². The summed E-state index contributed by atoms with van der Waals surface area (Å²) in [5.41, 5.74) is 4.79. The number of nitrogens with one attached hydrogen (secondary N) is 2. The van der Waals surface area contributed by atoms with Crippen LogP contribution in [0.4, 0.5) is 0 Å². The highest BCUT2D eigenvalue weighted by atomic mass is 32.1. The van der Waals surface area contributed by atoms with Gasteiger partial charge >= 0.3 is 0 Å². The molecule has 0 fully saturated rings. The quantitative estimate of drug-likeness (QED) is 0.302. The maximum atomic E-state index is 12.0. The van der Waals surface area contributed by atoms with Crippen LogP contribution < -0.4 is 16.4 Å². The third kappa shape index (κ3) is 7.40. The van der Waals surface area contributed by atoms with E-state index in [4.69, 9.17) is 5.73 Å². The highest BCUT2D eigenvalue weighted by Gasteiger charge is 2.29. The van der Waals surface area contributed by atoms with E-state index in [1.54, 1.807) is 13.8 Å². The normalized spacial score (nSPS) is 12.8. The molecule has 0 bridgehead atoms. The van der Waals surface area contributed by atoms with Crippen molar-refractivity contribution in [2.45, 2.75) is 39.2 Å². The van der Waals surface area contributed by atoms with E-state index in [0.717, 1.165) is 19.3 Å². The molecule has 1 atom stereocenters. The summed E-state index contributed by atoms with van der Waals surface area (Å²) in [4.78, 5) is 23.9. The fourth-order valence-electron chi connectivity index (χ4n) is 1.40. The van der Waals surface area contributed by atoms with Crippen LogP contribution in [-0.2, 0) is 9.59 Å². The fraction of sp³-hybridized carbons (Fsp3) is 0.846. The molecule has 0 saturated heterocycles. The van der Waals surface area contributed by atoms with Crippen molar-refractivity contribution < 1.29 is 9.59 Å². The number of hydrogen-bond donors (Lipinski definition) is 5. The van der Waals surface area contributed by atoms with Gasteiger partial charge in [0.15, 0.2) is 0 Å². The monoisotopic (exact) mass is 321 g/mol. The predicted octanol–water partition coefficient (Wildman–Crippen LogP) is 0.602. The summed E-state index contributed by atoms with van der Waals surface area (Å²) >= 11 is 8.26. The lowest BCUT2D eigenvalue weighted by Gasteiger charge is -2.24. The van der Waals surface area contributed by atoms with E-state index >= 15 is 0 Å². The average molecular weight is 322 g/mol. The van der Waals surface area contributed by atoms with Gasteiger partial charge in [-0.05, 0) is 19.4 Å². The van der Waals surface area contributed by atoms with Crippen molar-refractivity contribution in [1.82, 2.24) is 10.6 Å². The van der Waals surface area contributed by atoms with Crippen molar-refractivity contribution in [3.05, 3.63) is 0 Å². The SMILES string of the molecule is CC(C)(CS)C(=O)N[C@@H](CS)C(=O)NCCCCCN. The standard InChI is InChI=1S/C13H27N3O2S2/c1-13(2,9-20)12(18)16-10(8-19)11(17)15-7-5-3-4-6-14/h10,19-20H,3-9,14H2,1-2H3,(H,15,17)(H,16,18)/t10-/m0/s1. The Morgan fingerprint density at radius 2 is 1.85 bits per heavy atom. The zero-order valence-corrected chi connectivity index (χ0v) is 14.1. The minimum absolute atomic E-state index is 0.190. The number of rotatable bonds is 10. The van der Waals surface area contributed by atoms with Crippen LogP contribution in [0, 0.1) is 5.41 Å². The molecule has 0 aromatic rings. The molecule has 0 aliphatic carbocycles. The van der Waals surface area contributed by atoms with E-state index in [2.05, 4.69) is 35.9 Å². The third-order valence-corrected chi connectivity index (χ3v) is 4.15. The molecule has 7 heteroatoms. The van der Waals surface area contributed by atoms with Crippen LogP contribution in [0.25, 0.3) is 0 Å². The van der Waals surface area contributed by atoms with Crippen molar-refractivity contribution in [2.24, 2.45) is 11.1 Å². The molecule has 0 heterocycles. The zero-order valence-electron chi connectivity index (χ0n) is 12.3. The van der Waals surface area contributed by atoms with Crippen LogP contribution >= 0.6 is 25.3 Å². The van der Waals surface area contributed by atoms with E-state index in [9.17, 15) is 9.59 Å². The molecule has 0 radical (unpaired) electrons. The Morgan fingerprint density at radius 3 is 2.35 bits per heavy atom. The Hall–Kier alpha value is -0.400. The summed E-state index contributed by atoms with van der Waals surface area (Å²) in [6.07, 6.45) is 2.83. The molecule has 0 unspecified atom stereocenters. The Morgan fingerprint density at radius 1 is 1.20 bits per heavy atom. The number of nitrogens with two attached hydrogens (primary N) is 1. The van der Waals surface area contributed by atoms with Crippen molar-refractivity contribution >= 4 is 37.1 Å². The molecule has 118 valence electrons. The molecular formula is C13H27N3O2S2. The molecule has 2 amide bonds. The molecule has 0 aliphatic rings. The first-order valence-electron chi connectivity index (χ1n) is 6.89. The molecule has 0 aromatic heterocycles. The molecule has 0 aromatic carbocycles. The third-order valence-electron chi connectivity index (χ3n) is 2.99.